The summed E-state index contributed by atoms with van der Waals surface area (Å²) in [6, 6.07) is 18.1. The number of rotatable bonds is 8. The Balaban J connectivity index is 1.56. The first-order chi connectivity index (χ1) is 13.3. The van der Waals surface area contributed by atoms with E-state index in [0.29, 0.717) is 6.61 Å². The molecule has 1 fully saturated rings. The summed E-state index contributed by atoms with van der Waals surface area (Å²) in [5.41, 5.74) is 5.36. The summed E-state index contributed by atoms with van der Waals surface area (Å²) in [7, 11) is 0. The van der Waals surface area contributed by atoms with Crippen molar-refractivity contribution < 1.29 is 4.74 Å². The highest BCUT2D eigenvalue weighted by atomic mass is 16.5. The molecule has 0 aromatic heterocycles. The predicted octanol–water partition coefficient (Wildman–Crippen LogP) is 7.52. The molecule has 0 spiro atoms. The van der Waals surface area contributed by atoms with Gasteiger partial charge in [-0.2, -0.15) is 0 Å². The van der Waals surface area contributed by atoms with Crippen molar-refractivity contribution in [3.05, 3.63) is 71.8 Å². The van der Waals surface area contributed by atoms with Crippen LogP contribution >= 0.6 is 0 Å². The van der Waals surface area contributed by atoms with Crippen LogP contribution in [0, 0.1) is 5.92 Å². The number of allylic oxidation sites excluding steroid dienone is 2. The average molecular weight is 363 g/mol. The Morgan fingerprint density at radius 3 is 2.11 bits per heavy atom. The fraction of sp³-hybridized carbons (Fsp3) is 0.462. The molecule has 2 aromatic rings. The fourth-order valence-corrected chi connectivity index (χ4v) is 4.14. The molecule has 0 N–H and O–H groups in total. The van der Waals surface area contributed by atoms with Crippen molar-refractivity contribution in [1.82, 2.24) is 0 Å². The van der Waals surface area contributed by atoms with Gasteiger partial charge in [0.05, 0.1) is 6.61 Å². The summed E-state index contributed by atoms with van der Waals surface area (Å²) < 4.78 is 5.62. The first-order valence-corrected chi connectivity index (χ1v) is 10.7. The van der Waals surface area contributed by atoms with Crippen molar-refractivity contribution in [3.8, 4) is 11.1 Å². The van der Waals surface area contributed by atoms with Gasteiger partial charge in [-0.3, -0.25) is 0 Å². The van der Waals surface area contributed by atoms with E-state index < -0.39 is 0 Å². The summed E-state index contributed by atoms with van der Waals surface area (Å²) in [6.45, 7) is 5.81. The third-order valence-corrected chi connectivity index (χ3v) is 5.84. The number of hydrogen-bond donors (Lipinski definition) is 0. The van der Waals surface area contributed by atoms with Crippen molar-refractivity contribution in [1.29, 1.82) is 0 Å². The van der Waals surface area contributed by atoms with E-state index in [-0.39, 0.29) is 0 Å². The molecule has 144 valence electrons. The van der Waals surface area contributed by atoms with Crippen LogP contribution in [0.1, 0.15) is 69.4 Å². The molecule has 1 aliphatic carbocycles. The Morgan fingerprint density at radius 2 is 1.52 bits per heavy atom. The monoisotopic (exact) mass is 362 g/mol. The van der Waals surface area contributed by atoms with Gasteiger partial charge in [0.2, 0.25) is 0 Å². The SMILES string of the molecule is CC=CCC1CCC(c2ccc(-c3ccc(COCCC)cc3)cc2)CC1. The molecule has 1 nitrogen and oxygen atoms in total. The molecule has 1 aliphatic rings. The highest BCUT2D eigenvalue weighted by Crippen LogP contribution is 2.37. The van der Waals surface area contributed by atoms with Gasteiger partial charge in [0.25, 0.3) is 0 Å². The highest BCUT2D eigenvalue weighted by Gasteiger charge is 2.21. The Hall–Kier alpha value is -1.86. The molecule has 0 unspecified atom stereocenters. The van der Waals surface area contributed by atoms with Crippen LogP contribution in [0.25, 0.3) is 11.1 Å². The van der Waals surface area contributed by atoms with E-state index in [4.69, 9.17) is 4.74 Å². The van der Waals surface area contributed by atoms with Crippen molar-refractivity contribution in [2.24, 2.45) is 5.92 Å². The lowest BCUT2D eigenvalue weighted by molar-refractivity contribution is 0.121. The van der Waals surface area contributed by atoms with Gasteiger partial charge in [-0.25, -0.2) is 0 Å². The molecule has 0 atom stereocenters. The zero-order valence-corrected chi connectivity index (χ0v) is 17.0. The van der Waals surface area contributed by atoms with E-state index in [1.807, 2.05) is 0 Å². The largest absolute Gasteiger partial charge is 0.377 e. The molecular weight excluding hydrogens is 328 g/mol. The molecule has 0 heterocycles. The predicted molar refractivity (Wildman–Crippen MR) is 116 cm³/mol. The molecule has 2 aromatic carbocycles. The maximum Gasteiger partial charge on any atom is 0.0716 e. The van der Waals surface area contributed by atoms with Gasteiger partial charge < -0.3 is 4.74 Å². The van der Waals surface area contributed by atoms with Gasteiger partial charge >= 0.3 is 0 Å². The molecule has 1 heteroatoms. The van der Waals surface area contributed by atoms with Gasteiger partial charge in [-0.1, -0.05) is 67.6 Å². The van der Waals surface area contributed by atoms with Crippen LogP contribution in [-0.4, -0.2) is 6.61 Å². The summed E-state index contributed by atoms with van der Waals surface area (Å²) in [5.74, 6) is 1.65. The molecule has 1 saturated carbocycles. The van der Waals surface area contributed by atoms with Gasteiger partial charge in [-0.05, 0) is 79.5 Å². The van der Waals surface area contributed by atoms with Gasteiger partial charge in [0.1, 0.15) is 0 Å². The van der Waals surface area contributed by atoms with Crippen molar-refractivity contribution in [2.45, 2.75) is 64.9 Å². The molecule has 0 aliphatic heterocycles. The minimum atomic E-state index is 0.712. The van der Waals surface area contributed by atoms with Crippen LogP contribution in [0.2, 0.25) is 0 Å². The van der Waals surface area contributed by atoms with E-state index in [2.05, 4.69) is 74.5 Å². The van der Waals surface area contributed by atoms with Gasteiger partial charge in [0.15, 0.2) is 0 Å². The van der Waals surface area contributed by atoms with E-state index in [1.54, 1.807) is 0 Å². The molecule has 3 rings (SSSR count). The third kappa shape index (κ3) is 5.81. The Morgan fingerprint density at radius 1 is 0.889 bits per heavy atom. The normalized spacial score (nSPS) is 20.2. The second-order valence-electron chi connectivity index (χ2n) is 7.89. The highest BCUT2D eigenvalue weighted by molar-refractivity contribution is 5.64. The van der Waals surface area contributed by atoms with Crippen LogP contribution in [0.15, 0.2) is 60.7 Å². The molecule has 27 heavy (non-hydrogen) atoms. The first-order valence-electron chi connectivity index (χ1n) is 10.7. The van der Waals surface area contributed by atoms with Crippen LogP contribution in [0.5, 0.6) is 0 Å². The van der Waals surface area contributed by atoms with Crippen molar-refractivity contribution in [2.75, 3.05) is 6.61 Å². The lowest BCUT2D eigenvalue weighted by atomic mass is 9.77. The topological polar surface area (TPSA) is 9.23 Å². The van der Waals surface area contributed by atoms with Crippen molar-refractivity contribution in [3.63, 3.8) is 0 Å². The third-order valence-electron chi connectivity index (χ3n) is 5.84. The standard InChI is InChI=1S/C26H34O/c1-3-5-6-21-7-11-23(12-8-21)25-15-17-26(18-16-25)24-13-9-22(10-14-24)20-27-19-4-2/h3,5,9-10,13-18,21,23H,4,6-8,11-12,19-20H2,1-2H3. The molecular formula is C26H34O. The first kappa shape index (κ1) is 19.9. The lowest BCUT2D eigenvalue weighted by Crippen LogP contribution is -2.12. The second kappa shape index (κ2) is 10.5. The number of hydrogen-bond acceptors (Lipinski definition) is 1. The van der Waals surface area contributed by atoms with E-state index in [0.717, 1.165) is 24.9 Å². The maximum absolute atomic E-state index is 5.62. The van der Waals surface area contributed by atoms with Crippen LogP contribution in [0.3, 0.4) is 0 Å². The van der Waals surface area contributed by atoms with Crippen molar-refractivity contribution >= 4 is 0 Å². The summed E-state index contributed by atoms with van der Waals surface area (Å²) in [5, 5.41) is 0. The second-order valence-corrected chi connectivity index (χ2v) is 7.89. The molecule has 0 amide bonds. The Bertz CT molecular complexity index is 688. The average Bonchev–Trinajstić information content (AvgIpc) is 2.73. The maximum atomic E-state index is 5.62. The van der Waals surface area contributed by atoms with E-state index in [1.165, 1.54) is 54.4 Å². The van der Waals surface area contributed by atoms with E-state index >= 15 is 0 Å². The minimum absolute atomic E-state index is 0.712. The van der Waals surface area contributed by atoms with Crippen LogP contribution in [0.4, 0.5) is 0 Å². The zero-order chi connectivity index (χ0) is 18.9. The smallest absolute Gasteiger partial charge is 0.0716 e. The lowest BCUT2D eigenvalue weighted by Gasteiger charge is -2.28. The zero-order valence-electron chi connectivity index (χ0n) is 17.0. The number of ether oxygens (including phenoxy) is 1. The van der Waals surface area contributed by atoms with E-state index in [9.17, 15) is 0 Å². The van der Waals surface area contributed by atoms with Gasteiger partial charge in [0, 0.05) is 6.61 Å². The molecule has 0 radical (unpaired) electrons. The summed E-state index contributed by atoms with van der Waals surface area (Å²) in [4.78, 5) is 0. The van der Waals surface area contributed by atoms with Gasteiger partial charge in [-0.15, -0.1) is 0 Å². The quantitative estimate of drug-likeness (QED) is 0.348. The summed E-state index contributed by atoms with van der Waals surface area (Å²) in [6.07, 6.45) is 12.3. The Labute approximate surface area is 165 Å². The van der Waals surface area contributed by atoms with Crippen LogP contribution < -0.4 is 0 Å². The Kier molecular flexibility index (Phi) is 7.71. The van der Waals surface area contributed by atoms with Crippen LogP contribution in [-0.2, 0) is 11.3 Å². The molecule has 0 saturated heterocycles. The minimum Gasteiger partial charge on any atom is -0.377 e. The summed E-state index contributed by atoms with van der Waals surface area (Å²) >= 11 is 0. The fourth-order valence-electron chi connectivity index (χ4n) is 4.14. The molecule has 0 bridgehead atoms. The number of benzene rings is 2.